The number of alkyl halides is 2. The maximum Gasteiger partial charge on any atom is 0.248 e. The van der Waals surface area contributed by atoms with E-state index in [1.807, 2.05) is 22.4 Å². The van der Waals surface area contributed by atoms with Crippen LogP contribution in [0.2, 0.25) is 0 Å². The molecule has 1 saturated heterocycles. The summed E-state index contributed by atoms with van der Waals surface area (Å²) < 4.78 is 29.2. The minimum Gasteiger partial charge on any atom is -0.344 e. The van der Waals surface area contributed by atoms with E-state index >= 15 is 0 Å². The Hall–Kier alpha value is -2.05. The van der Waals surface area contributed by atoms with Gasteiger partial charge in [-0.3, -0.25) is 4.79 Å². The number of aryl methyl sites for hydroxylation is 1. The quantitative estimate of drug-likeness (QED) is 0.703. The lowest BCUT2D eigenvalue weighted by Crippen LogP contribution is -2.38. The normalized spacial score (nSPS) is 28.7. The highest BCUT2D eigenvalue weighted by Crippen LogP contribution is 2.42. The molecule has 29 heavy (non-hydrogen) atoms. The van der Waals surface area contributed by atoms with Crippen molar-refractivity contribution in [3.63, 3.8) is 0 Å². The molecule has 2 atom stereocenters. The Morgan fingerprint density at radius 3 is 2.52 bits per heavy atom. The summed E-state index contributed by atoms with van der Waals surface area (Å²) in [6.45, 7) is 6.68. The van der Waals surface area contributed by atoms with E-state index in [0.29, 0.717) is 25.3 Å². The number of aromatic nitrogens is 3. The van der Waals surface area contributed by atoms with Crippen LogP contribution in [0.15, 0.2) is 12.1 Å². The number of rotatable bonds is 4. The summed E-state index contributed by atoms with van der Waals surface area (Å²) in [6.07, 6.45) is 4.50. The van der Waals surface area contributed by atoms with Gasteiger partial charge in [0.2, 0.25) is 12.3 Å². The molecule has 0 aromatic carbocycles. The predicted octanol–water partition coefficient (Wildman–Crippen LogP) is 4.55. The van der Waals surface area contributed by atoms with Gasteiger partial charge in [0.05, 0.1) is 11.4 Å². The van der Waals surface area contributed by atoms with Crippen molar-refractivity contribution in [1.29, 1.82) is 0 Å². The smallest absolute Gasteiger partial charge is 0.248 e. The average molecular weight is 405 g/mol. The van der Waals surface area contributed by atoms with Crippen LogP contribution in [0, 0.1) is 18.8 Å². The van der Waals surface area contributed by atoms with Gasteiger partial charge in [-0.2, -0.15) is 5.10 Å². The number of carbonyl (C=O) groups excluding carboxylic acids is 1. The van der Waals surface area contributed by atoms with Crippen LogP contribution >= 0.6 is 0 Å². The molecule has 1 amide bonds. The molecule has 2 aliphatic rings. The van der Waals surface area contributed by atoms with Crippen molar-refractivity contribution in [2.75, 3.05) is 13.1 Å². The number of likely N-dealkylation sites (tertiary alicyclic amines) is 1. The highest BCUT2D eigenvalue weighted by molar-refractivity contribution is 5.48. The molecule has 3 heterocycles. The first-order valence-corrected chi connectivity index (χ1v) is 10.7. The van der Waals surface area contributed by atoms with E-state index in [9.17, 15) is 13.6 Å². The lowest BCUT2D eigenvalue weighted by molar-refractivity contribution is -0.120. The Labute approximate surface area is 170 Å². The van der Waals surface area contributed by atoms with Gasteiger partial charge in [-0.25, -0.2) is 18.3 Å². The van der Waals surface area contributed by atoms with Gasteiger partial charge < -0.3 is 4.90 Å². The number of piperidine rings is 1. The number of nitrogens with zero attached hydrogens (tertiary/aromatic N) is 4. The zero-order valence-electron chi connectivity index (χ0n) is 17.4. The van der Waals surface area contributed by atoms with Crippen LogP contribution in [0.5, 0.6) is 0 Å². The van der Waals surface area contributed by atoms with Crippen molar-refractivity contribution in [2.24, 2.45) is 11.8 Å². The lowest BCUT2D eigenvalue weighted by Gasteiger charge is -2.34. The molecule has 1 saturated carbocycles. The third-order valence-electron chi connectivity index (χ3n) is 6.72. The molecule has 7 heteroatoms. The molecule has 2 aromatic heterocycles. The second kappa shape index (κ2) is 7.65. The number of halogens is 2. The van der Waals surface area contributed by atoms with Crippen molar-refractivity contribution < 1.29 is 13.6 Å². The highest BCUT2D eigenvalue weighted by Gasteiger charge is 2.37. The minimum absolute atomic E-state index is 0.209. The van der Waals surface area contributed by atoms with E-state index < -0.39 is 11.8 Å². The van der Waals surface area contributed by atoms with Crippen molar-refractivity contribution in [1.82, 2.24) is 19.5 Å². The number of hydrogen-bond donors (Lipinski definition) is 0. The third-order valence-corrected chi connectivity index (χ3v) is 6.72. The van der Waals surface area contributed by atoms with Gasteiger partial charge in [0.1, 0.15) is 0 Å². The predicted molar refractivity (Wildman–Crippen MR) is 107 cm³/mol. The first-order chi connectivity index (χ1) is 13.7. The molecule has 2 fully saturated rings. The molecular weight excluding hydrogens is 374 g/mol. The Kier molecular flexibility index (Phi) is 5.34. The fourth-order valence-corrected chi connectivity index (χ4v) is 5.23. The zero-order chi connectivity index (χ0) is 20.8. The molecule has 4 rings (SSSR count). The van der Waals surface area contributed by atoms with Crippen molar-refractivity contribution in [3.8, 4) is 0 Å². The average Bonchev–Trinajstić information content (AvgIpc) is 3.10. The van der Waals surface area contributed by atoms with Crippen LogP contribution in [0.1, 0.15) is 74.9 Å². The second-order valence-corrected chi connectivity index (χ2v) is 9.26. The van der Waals surface area contributed by atoms with Gasteiger partial charge >= 0.3 is 0 Å². The SMILES string of the molecule is Cc1cc([C@H]2C[C@@H](C)CN(C=O)C2)n2nc(C3CCC(C(C)(F)F)CC3)cc2n1. The van der Waals surface area contributed by atoms with Gasteiger partial charge in [-0.1, -0.05) is 6.92 Å². The highest BCUT2D eigenvalue weighted by atomic mass is 19.3. The fraction of sp³-hybridized carbons (Fsp3) is 0.682. The first-order valence-electron chi connectivity index (χ1n) is 10.7. The summed E-state index contributed by atoms with van der Waals surface area (Å²) in [5.74, 6) is -2.26. The van der Waals surface area contributed by atoms with Crippen LogP contribution in [0.25, 0.3) is 5.65 Å². The standard InChI is InChI=1S/C22H30F2N4O/c1-14-8-17(12-27(11-14)13-29)20-9-15(2)25-21-10-19(26-28(20)21)16-4-6-18(7-5-16)22(3,23)24/h9-10,13-14,16-18H,4-8,11-12H2,1-3H3/t14-,16?,17+,18?/m1/s1. The molecule has 1 aliphatic carbocycles. The Morgan fingerprint density at radius 2 is 1.86 bits per heavy atom. The van der Waals surface area contributed by atoms with Crippen molar-refractivity contribution in [2.45, 2.75) is 70.6 Å². The van der Waals surface area contributed by atoms with Crippen LogP contribution in [-0.2, 0) is 4.79 Å². The third kappa shape index (κ3) is 4.14. The van der Waals surface area contributed by atoms with Gasteiger partial charge in [0.15, 0.2) is 5.65 Å². The minimum atomic E-state index is -2.60. The van der Waals surface area contributed by atoms with E-state index in [2.05, 4.69) is 18.0 Å². The molecule has 5 nitrogen and oxygen atoms in total. The van der Waals surface area contributed by atoms with Crippen LogP contribution in [0.3, 0.4) is 0 Å². The summed E-state index contributed by atoms with van der Waals surface area (Å²) >= 11 is 0. The van der Waals surface area contributed by atoms with E-state index in [0.717, 1.165) is 61.9 Å². The second-order valence-electron chi connectivity index (χ2n) is 9.26. The molecule has 0 unspecified atom stereocenters. The van der Waals surface area contributed by atoms with Gasteiger partial charge in [0, 0.05) is 42.6 Å². The number of amides is 1. The van der Waals surface area contributed by atoms with Crippen molar-refractivity contribution >= 4 is 12.1 Å². The zero-order valence-corrected chi connectivity index (χ0v) is 17.4. The monoisotopic (exact) mass is 404 g/mol. The number of fused-ring (bicyclic) bond motifs is 1. The molecule has 158 valence electrons. The van der Waals surface area contributed by atoms with Crippen LogP contribution < -0.4 is 0 Å². The summed E-state index contributed by atoms with van der Waals surface area (Å²) in [6, 6.07) is 4.10. The van der Waals surface area contributed by atoms with E-state index in [1.54, 1.807) is 0 Å². The van der Waals surface area contributed by atoms with Crippen molar-refractivity contribution in [3.05, 3.63) is 29.2 Å². The van der Waals surface area contributed by atoms with Gasteiger partial charge in [-0.05, 0) is 57.9 Å². The first kappa shape index (κ1) is 20.2. The summed E-state index contributed by atoms with van der Waals surface area (Å²) in [5, 5.41) is 4.88. The maximum absolute atomic E-state index is 13.6. The van der Waals surface area contributed by atoms with E-state index in [1.165, 1.54) is 0 Å². The van der Waals surface area contributed by atoms with E-state index in [4.69, 9.17) is 5.10 Å². The molecule has 0 bridgehead atoms. The Balaban J connectivity index is 1.61. The molecular formula is C22H30F2N4O. The van der Waals surface area contributed by atoms with E-state index in [-0.39, 0.29) is 11.8 Å². The van der Waals surface area contributed by atoms with Gasteiger partial charge in [-0.15, -0.1) is 0 Å². The number of hydrogen-bond acceptors (Lipinski definition) is 3. The molecule has 2 aromatic rings. The largest absolute Gasteiger partial charge is 0.344 e. The topological polar surface area (TPSA) is 50.5 Å². The molecule has 0 radical (unpaired) electrons. The van der Waals surface area contributed by atoms with Crippen LogP contribution in [0.4, 0.5) is 8.78 Å². The number of carbonyl (C=O) groups is 1. The Bertz CT molecular complexity index is 883. The van der Waals surface area contributed by atoms with Gasteiger partial charge in [0.25, 0.3) is 0 Å². The fourth-order valence-electron chi connectivity index (χ4n) is 5.23. The summed E-state index contributed by atoms with van der Waals surface area (Å²) in [7, 11) is 0. The Morgan fingerprint density at radius 1 is 1.14 bits per heavy atom. The molecule has 0 N–H and O–H groups in total. The van der Waals surface area contributed by atoms with Crippen LogP contribution in [-0.4, -0.2) is 44.9 Å². The molecule has 0 spiro atoms. The lowest BCUT2D eigenvalue weighted by atomic mass is 9.78. The summed E-state index contributed by atoms with van der Waals surface area (Å²) in [5.41, 5.74) is 3.79. The maximum atomic E-state index is 13.6. The molecule has 1 aliphatic heterocycles. The summed E-state index contributed by atoms with van der Waals surface area (Å²) in [4.78, 5) is 17.9.